The number of amides is 2. The number of nitrogens with one attached hydrogen (secondary N) is 2. The standard InChI is InChI=1S/C36H51N3O8/c1-35(2,3)47-34(42)39-17-19-44-21-20-43-18-16-38-31(40)24-45-28-12-9-25(10-13-28)33(41)46-29-14-11-26-22-27-8-6-5-7-15-36(4,32(27)37)30(26)23-29/h9-14,23,27,32H,5-8,15-22,24,37H2,1-4H3,(H,38,40)(H,39,42)/t27-,32-,36+/m0/s1. The Labute approximate surface area is 278 Å². The SMILES string of the molecule is CC(C)(C)OC(=O)NCCOCCOCCNC(=O)COc1ccc(C(=O)Oc2ccc3c(c2)[C@@]2(C)CCCCC[C@@H](C3)[C@@H]2N)cc1. The Kier molecular flexibility index (Phi) is 13.0. The second kappa shape index (κ2) is 16.9. The number of carbonyl (C=O) groups is 3. The molecule has 2 aromatic carbocycles. The first kappa shape index (κ1) is 36.2. The molecule has 0 aromatic heterocycles. The smallest absolute Gasteiger partial charge is 0.407 e. The van der Waals surface area contributed by atoms with Gasteiger partial charge in [0, 0.05) is 24.5 Å². The van der Waals surface area contributed by atoms with Crippen molar-refractivity contribution < 1.29 is 38.1 Å². The first-order valence-electron chi connectivity index (χ1n) is 16.7. The number of carbonyl (C=O) groups excluding carboxylic acids is 3. The van der Waals surface area contributed by atoms with Crippen molar-refractivity contribution in [3.05, 3.63) is 59.2 Å². The van der Waals surface area contributed by atoms with Gasteiger partial charge in [-0.25, -0.2) is 9.59 Å². The van der Waals surface area contributed by atoms with Gasteiger partial charge < -0.3 is 40.1 Å². The molecule has 1 fully saturated rings. The minimum absolute atomic E-state index is 0.1000. The molecule has 2 bridgehead atoms. The van der Waals surface area contributed by atoms with Crippen molar-refractivity contribution >= 4 is 18.0 Å². The molecule has 0 unspecified atom stereocenters. The van der Waals surface area contributed by atoms with E-state index in [0.29, 0.717) is 62.5 Å². The molecule has 2 aromatic rings. The average Bonchev–Trinajstić information content (AvgIpc) is 3.02. The Balaban J connectivity index is 1.11. The number of esters is 1. The van der Waals surface area contributed by atoms with Crippen LogP contribution in [0.5, 0.6) is 11.5 Å². The topological polar surface area (TPSA) is 147 Å². The molecule has 2 aliphatic rings. The van der Waals surface area contributed by atoms with E-state index in [-0.39, 0.29) is 24.0 Å². The molecule has 2 aliphatic carbocycles. The highest BCUT2D eigenvalue weighted by molar-refractivity contribution is 5.91. The molecule has 4 rings (SSSR count). The van der Waals surface area contributed by atoms with Gasteiger partial charge in [0.2, 0.25) is 0 Å². The van der Waals surface area contributed by atoms with Crippen molar-refractivity contribution in [3.8, 4) is 11.5 Å². The van der Waals surface area contributed by atoms with E-state index in [4.69, 9.17) is 29.4 Å². The summed E-state index contributed by atoms with van der Waals surface area (Å²) in [7, 11) is 0. The van der Waals surface area contributed by atoms with Crippen molar-refractivity contribution in [3.63, 3.8) is 0 Å². The van der Waals surface area contributed by atoms with Gasteiger partial charge in [-0.05, 0) is 93.5 Å². The first-order chi connectivity index (χ1) is 22.4. The zero-order chi connectivity index (χ0) is 33.9. The van der Waals surface area contributed by atoms with E-state index in [9.17, 15) is 14.4 Å². The predicted molar refractivity (Wildman–Crippen MR) is 178 cm³/mol. The van der Waals surface area contributed by atoms with Crippen LogP contribution in [0.2, 0.25) is 0 Å². The van der Waals surface area contributed by atoms with Crippen molar-refractivity contribution in [1.29, 1.82) is 0 Å². The molecular formula is C36H51N3O8. The van der Waals surface area contributed by atoms with Crippen LogP contribution in [0.4, 0.5) is 4.79 Å². The third-order valence-electron chi connectivity index (χ3n) is 8.72. The third kappa shape index (κ3) is 10.9. The Hall–Kier alpha value is -3.67. The van der Waals surface area contributed by atoms with E-state index in [1.807, 2.05) is 12.1 Å². The lowest BCUT2D eigenvalue weighted by molar-refractivity contribution is -0.123. The molecule has 0 aliphatic heterocycles. The summed E-state index contributed by atoms with van der Waals surface area (Å²) in [6.45, 7) is 9.52. The molecule has 1 saturated carbocycles. The van der Waals surface area contributed by atoms with Crippen LogP contribution >= 0.6 is 0 Å². The van der Waals surface area contributed by atoms with Crippen LogP contribution in [-0.4, -0.2) is 75.7 Å². The lowest BCUT2D eigenvalue weighted by Crippen LogP contribution is -2.52. The summed E-state index contributed by atoms with van der Waals surface area (Å²) in [6.07, 6.45) is 6.33. The number of rotatable bonds is 14. The number of hydrogen-bond donors (Lipinski definition) is 3. The second-order valence-electron chi connectivity index (χ2n) is 13.5. The summed E-state index contributed by atoms with van der Waals surface area (Å²) >= 11 is 0. The van der Waals surface area contributed by atoms with Gasteiger partial charge in [0.05, 0.1) is 32.0 Å². The molecule has 0 spiro atoms. The fraction of sp³-hybridized carbons (Fsp3) is 0.583. The van der Waals surface area contributed by atoms with Crippen molar-refractivity contribution in [2.24, 2.45) is 11.7 Å². The summed E-state index contributed by atoms with van der Waals surface area (Å²) in [5.41, 5.74) is 9.05. The van der Waals surface area contributed by atoms with Crippen LogP contribution in [-0.2, 0) is 30.8 Å². The lowest BCUT2D eigenvalue weighted by atomic mass is 9.60. The van der Waals surface area contributed by atoms with Gasteiger partial charge in [-0.3, -0.25) is 4.79 Å². The summed E-state index contributed by atoms with van der Waals surface area (Å²) in [5.74, 6) is 0.715. The normalized spacial score (nSPS) is 20.6. The number of hydrogen-bond acceptors (Lipinski definition) is 9. The molecule has 0 saturated heterocycles. The third-order valence-corrected chi connectivity index (χ3v) is 8.72. The van der Waals surface area contributed by atoms with Crippen molar-refractivity contribution in [1.82, 2.24) is 10.6 Å². The van der Waals surface area contributed by atoms with E-state index < -0.39 is 17.7 Å². The Morgan fingerprint density at radius 3 is 2.28 bits per heavy atom. The lowest BCUT2D eigenvalue weighted by Gasteiger charge is -2.47. The van der Waals surface area contributed by atoms with E-state index >= 15 is 0 Å². The largest absolute Gasteiger partial charge is 0.484 e. The fourth-order valence-corrected chi connectivity index (χ4v) is 6.27. The first-order valence-corrected chi connectivity index (χ1v) is 16.7. The second-order valence-corrected chi connectivity index (χ2v) is 13.5. The van der Waals surface area contributed by atoms with Gasteiger partial charge in [0.1, 0.15) is 17.1 Å². The van der Waals surface area contributed by atoms with Gasteiger partial charge in [-0.1, -0.05) is 32.3 Å². The van der Waals surface area contributed by atoms with Crippen molar-refractivity contribution in [2.45, 2.75) is 83.3 Å². The number of ether oxygens (including phenoxy) is 5. The molecule has 11 heteroatoms. The average molecular weight is 654 g/mol. The summed E-state index contributed by atoms with van der Waals surface area (Å²) in [5, 5.41) is 5.34. The maximum Gasteiger partial charge on any atom is 0.407 e. The number of nitrogens with two attached hydrogens (primary N) is 1. The van der Waals surface area contributed by atoms with Gasteiger partial charge in [0.15, 0.2) is 6.61 Å². The van der Waals surface area contributed by atoms with Crippen LogP contribution in [0, 0.1) is 5.92 Å². The fourth-order valence-electron chi connectivity index (χ4n) is 6.27. The molecule has 258 valence electrons. The summed E-state index contributed by atoms with van der Waals surface area (Å²) < 4.78 is 27.3. The zero-order valence-electron chi connectivity index (χ0n) is 28.2. The van der Waals surface area contributed by atoms with Crippen LogP contribution in [0.15, 0.2) is 42.5 Å². The van der Waals surface area contributed by atoms with E-state index in [2.05, 4.69) is 23.6 Å². The highest BCUT2D eigenvalue weighted by Gasteiger charge is 2.43. The van der Waals surface area contributed by atoms with Crippen LogP contribution in [0.1, 0.15) is 81.3 Å². The number of fused-ring (bicyclic) bond motifs is 4. The van der Waals surface area contributed by atoms with Gasteiger partial charge in [0.25, 0.3) is 5.91 Å². The highest BCUT2D eigenvalue weighted by Crippen LogP contribution is 2.46. The number of alkyl carbamates (subject to hydrolysis) is 1. The molecule has 0 heterocycles. The molecule has 47 heavy (non-hydrogen) atoms. The molecule has 3 atom stereocenters. The van der Waals surface area contributed by atoms with Gasteiger partial charge in [-0.2, -0.15) is 0 Å². The Morgan fingerprint density at radius 2 is 1.57 bits per heavy atom. The number of benzene rings is 2. The Morgan fingerprint density at radius 1 is 0.894 bits per heavy atom. The maximum atomic E-state index is 13.0. The summed E-state index contributed by atoms with van der Waals surface area (Å²) in [4.78, 5) is 36.7. The molecule has 2 amide bonds. The minimum Gasteiger partial charge on any atom is -0.484 e. The van der Waals surface area contributed by atoms with Crippen molar-refractivity contribution in [2.75, 3.05) is 46.1 Å². The zero-order valence-corrected chi connectivity index (χ0v) is 28.2. The van der Waals surface area contributed by atoms with E-state index in [1.54, 1.807) is 45.0 Å². The van der Waals surface area contributed by atoms with Crippen LogP contribution < -0.4 is 25.8 Å². The molecular weight excluding hydrogens is 602 g/mol. The predicted octanol–water partition coefficient (Wildman–Crippen LogP) is 4.68. The maximum absolute atomic E-state index is 13.0. The minimum atomic E-state index is -0.541. The molecule has 11 nitrogen and oxygen atoms in total. The summed E-state index contributed by atoms with van der Waals surface area (Å²) in [6, 6.07) is 12.6. The van der Waals surface area contributed by atoms with E-state index in [1.165, 1.54) is 30.4 Å². The van der Waals surface area contributed by atoms with Crippen LogP contribution in [0.25, 0.3) is 0 Å². The quantitative estimate of drug-likeness (QED) is 0.150. The highest BCUT2D eigenvalue weighted by atomic mass is 16.6. The molecule has 0 radical (unpaired) electrons. The van der Waals surface area contributed by atoms with Crippen LogP contribution in [0.3, 0.4) is 0 Å². The Bertz CT molecular complexity index is 1340. The van der Waals surface area contributed by atoms with Gasteiger partial charge in [-0.15, -0.1) is 0 Å². The van der Waals surface area contributed by atoms with E-state index in [0.717, 1.165) is 19.3 Å². The van der Waals surface area contributed by atoms with Gasteiger partial charge >= 0.3 is 12.1 Å². The monoisotopic (exact) mass is 653 g/mol. The molecule has 4 N–H and O–H groups in total.